The van der Waals surface area contributed by atoms with E-state index in [1.807, 2.05) is 19.9 Å². The Hall–Kier alpha value is -1.69. The van der Waals surface area contributed by atoms with Crippen LogP contribution in [0.5, 0.6) is 0 Å². The SMILES string of the molecule is CCc1nc(CC)n(Cc2ccsc2C(=O)O)n1. The van der Waals surface area contributed by atoms with Gasteiger partial charge in [-0.3, -0.25) is 0 Å². The number of aromatic carboxylic acids is 1. The first-order chi connectivity index (χ1) is 8.65. The third-order valence-corrected chi connectivity index (χ3v) is 3.63. The van der Waals surface area contributed by atoms with Gasteiger partial charge in [-0.05, 0) is 17.0 Å². The molecule has 0 aliphatic heterocycles. The van der Waals surface area contributed by atoms with E-state index in [1.165, 1.54) is 11.3 Å². The van der Waals surface area contributed by atoms with E-state index in [-0.39, 0.29) is 0 Å². The Morgan fingerprint density at radius 2 is 2.22 bits per heavy atom. The third-order valence-electron chi connectivity index (χ3n) is 2.69. The smallest absolute Gasteiger partial charge is 0.346 e. The van der Waals surface area contributed by atoms with Crippen molar-refractivity contribution in [3.8, 4) is 0 Å². The fourth-order valence-electron chi connectivity index (χ4n) is 1.77. The normalized spacial score (nSPS) is 10.8. The standard InChI is InChI=1S/C12H15N3O2S/c1-3-9-13-10(4-2)15(14-9)7-8-5-6-18-11(8)12(16)17/h5-6H,3-4,7H2,1-2H3,(H,16,17). The summed E-state index contributed by atoms with van der Waals surface area (Å²) in [7, 11) is 0. The van der Waals surface area contributed by atoms with Gasteiger partial charge in [0.15, 0.2) is 5.82 Å². The first-order valence-electron chi connectivity index (χ1n) is 5.88. The average Bonchev–Trinajstić information content (AvgIpc) is 2.95. The Morgan fingerprint density at radius 3 is 2.83 bits per heavy atom. The van der Waals surface area contributed by atoms with Crippen LogP contribution < -0.4 is 0 Å². The second-order valence-corrected chi connectivity index (χ2v) is 4.81. The van der Waals surface area contributed by atoms with Gasteiger partial charge < -0.3 is 5.11 Å². The van der Waals surface area contributed by atoms with E-state index >= 15 is 0 Å². The van der Waals surface area contributed by atoms with Gasteiger partial charge in [-0.2, -0.15) is 5.10 Å². The maximum atomic E-state index is 11.1. The van der Waals surface area contributed by atoms with Gasteiger partial charge in [-0.25, -0.2) is 14.5 Å². The van der Waals surface area contributed by atoms with E-state index in [9.17, 15) is 4.79 Å². The minimum absolute atomic E-state index is 0.380. The van der Waals surface area contributed by atoms with Gasteiger partial charge in [0, 0.05) is 12.8 Å². The minimum atomic E-state index is -0.881. The molecule has 0 unspecified atom stereocenters. The minimum Gasteiger partial charge on any atom is -0.477 e. The van der Waals surface area contributed by atoms with Crippen LogP contribution in [0.3, 0.4) is 0 Å². The van der Waals surface area contributed by atoms with E-state index in [2.05, 4.69) is 10.1 Å². The van der Waals surface area contributed by atoms with Gasteiger partial charge in [0.25, 0.3) is 0 Å². The Morgan fingerprint density at radius 1 is 1.44 bits per heavy atom. The number of rotatable bonds is 5. The van der Waals surface area contributed by atoms with Crippen LogP contribution in [0.25, 0.3) is 0 Å². The summed E-state index contributed by atoms with van der Waals surface area (Å²) in [4.78, 5) is 15.8. The first kappa shape index (κ1) is 12.8. The summed E-state index contributed by atoms with van der Waals surface area (Å²) in [6.45, 7) is 4.50. The zero-order valence-electron chi connectivity index (χ0n) is 10.4. The highest BCUT2D eigenvalue weighted by Gasteiger charge is 2.14. The number of hydrogen-bond acceptors (Lipinski definition) is 4. The van der Waals surface area contributed by atoms with Crippen LogP contribution in [-0.2, 0) is 19.4 Å². The quantitative estimate of drug-likeness (QED) is 0.900. The monoisotopic (exact) mass is 265 g/mol. The molecule has 0 radical (unpaired) electrons. The number of carboxylic acids is 1. The lowest BCUT2D eigenvalue weighted by molar-refractivity contribution is 0.0701. The highest BCUT2D eigenvalue weighted by Crippen LogP contribution is 2.18. The summed E-state index contributed by atoms with van der Waals surface area (Å²) in [6, 6.07) is 1.83. The Bertz CT molecular complexity index is 559. The molecule has 1 N–H and O–H groups in total. The van der Waals surface area contributed by atoms with Crippen molar-refractivity contribution in [2.45, 2.75) is 33.2 Å². The molecule has 18 heavy (non-hydrogen) atoms. The van der Waals surface area contributed by atoms with E-state index in [0.29, 0.717) is 11.4 Å². The number of nitrogens with zero attached hydrogens (tertiary/aromatic N) is 3. The summed E-state index contributed by atoms with van der Waals surface area (Å²) >= 11 is 1.24. The van der Waals surface area contributed by atoms with Crippen molar-refractivity contribution in [1.82, 2.24) is 14.8 Å². The summed E-state index contributed by atoms with van der Waals surface area (Å²) in [5, 5.41) is 15.3. The van der Waals surface area contributed by atoms with Crippen molar-refractivity contribution in [2.24, 2.45) is 0 Å². The summed E-state index contributed by atoms with van der Waals surface area (Å²) in [6.07, 6.45) is 1.58. The number of carbonyl (C=O) groups is 1. The number of hydrogen-bond donors (Lipinski definition) is 1. The molecule has 0 saturated heterocycles. The predicted molar refractivity (Wildman–Crippen MR) is 69.2 cm³/mol. The second-order valence-electron chi connectivity index (χ2n) is 3.89. The molecule has 6 heteroatoms. The molecule has 0 saturated carbocycles. The molecule has 2 aromatic rings. The van der Waals surface area contributed by atoms with Gasteiger partial charge in [0.1, 0.15) is 10.7 Å². The van der Waals surface area contributed by atoms with Crippen LogP contribution in [0.2, 0.25) is 0 Å². The van der Waals surface area contributed by atoms with Crippen LogP contribution in [0.4, 0.5) is 0 Å². The van der Waals surface area contributed by atoms with Crippen molar-refractivity contribution in [1.29, 1.82) is 0 Å². The lowest BCUT2D eigenvalue weighted by Gasteiger charge is -2.03. The first-order valence-corrected chi connectivity index (χ1v) is 6.75. The van der Waals surface area contributed by atoms with Crippen molar-refractivity contribution >= 4 is 17.3 Å². The topological polar surface area (TPSA) is 68.0 Å². The maximum absolute atomic E-state index is 11.1. The molecule has 96 valence electrons. The molecule has 5 nitrogen and oxygen atoms in total. The van der Waals surface area contributed by atoms with Gasteiger partial charge >= 0.3 is 5.97 Å². The molecule has 0 aliphatic rings. The molecule has 0 spiro atoms. The van der Waals surface area contributed by atoms with E-state index in [4.69, 9.17) is 5.11 Å². The van der Waals surface area contributed by atoms with Crippen LogP contribution >= 0.6 is 11.3 Å². The summed E-state index contributed by atoms with van der Waals surface area (Å²) < 4.78 is 1.80. The van der Waals surface area contributed by atoms with Crippen LogP contribution in [0.15, 0.2) is 11.4 Å². The summed E-state index contributed by atoms with van der Waals surface area (Å²) in [5.74, 6) is 0.822. The Labute approximate surface area is 109 Å². The number of aryl methyl sites for hydroxylation is 2. The molecule has 0 fully saturated rings. The van der Waals surface area contributed by atoms with Crippen molar-refractivity contribution < 1.29 is 9.90 Å². The molecular weight excluding hydrogens is 250 g/mol. The predicted octanol–water partition coefficient (Wildman–Crippen LogP) is 2.21. The second kappa shape index (κ2) is 5.30. The fourth-order valence-corrected chi connectivity index (χ4v) is 2.53. The van der Waals surface area contributed by atoms with Gasteiger partial charge in [-0.15, -0.1) is 11.3 Å². The molecular formula is C12H15N3O2S. The zero-order valence-corrected chi connectivity index (χ0v) is 11.2. The zero-order chi connectivity index (χ0) is 13.1. The lowest BCUT2D eigenvalue weighted by Crippen LogP contribution is -2.08. The highest BCUT2D eigenvalue weighted by molar-refractivity contribution is 7.12. The third kappa shape index (κ3) is 2.43. The molecule has 2 rings (SSSR count). The number of aromatic nitrogens is 3. The average molecular weight is 265 g/mol. The van der Waals surface area contributed by atoms with E-state index in [1.54, 1.807) is 10.1 Å². The molecule has 0 bridgehead atoms. The highest BCUT2D eigenvalue weighted by atomic mass is 32.1. The molecule has 0 amide bonds. The van der Waals surface area contributed by atoms with Crippen LogP contribution in [0, 0.1) is 0 Å². The van der Waals surface area contributed by atoms with Crippen molar-refractivity contribution in [2.75, 3.05) is 0 Å². The van der Waals surface area contributed by atoms with Gasteiger partial charge in [0.05, 0.1) is 6.54 Å². The molecule has 2 aromatic heterocycles. The molecule has 0 atom stereocenters. The van der Waals surface area contributed by atoms with E-state index < -0.39 is 5.97 Å². The van der Waals surface area contributed by atoms with E-state index in [0.717, 1.165) is 30.1 Å². The molecule has 2 heterocycles. The number of thiophene rings is 1. The van der Waals surface area contributed by atoms with Crippen LogP contribution in [0.1, 0.15) is 40.7 Å². The Balaban J connectivity index is 2.30. The van der Waals surface area contributed by atoms with Gasteiger partial charge in [-0.1, -0.05) is 13.8 Å². The molecule has 0 aliphatic carbocycles. The fraction of sp³-hybridized carbons (Fsp3) is 0.417. The largest absolute Gasteiger partial charge is 0.477 e. The lowest BCUT2D eigenvalue weighted by atomic mass is 10.2. The summed E-state index contributed by atoms with van der Waals surface area (Å²) in [5.41, 5.74) is 0.787. The van der Waals surface area contributed by atoms with Crippen molar-refractivity contribution in [3.63, 3.8) is 0 Å². The molecule has 0 aromatic carbocycles. The Kier molecular flexibility index (Phi) is 3.76. The number of carboxylic acid groups (broad SMARTS) is 1. The van der Waals surface area contributed by atoms with Crippen LogP contribution in [-0.4, -0.2) is 25.8 Å². The van der Waals surface area contributed by atoms with Gasteiger partial charge in [0.2, 0.25) is 0 Å². The maximum Gasteiger partial charge on any atom is 0.346 e. The van der Waals surface area contributed by atoms with Crippen molar-refractivity contribution in [3.05, 3.63) is 33.5 Å².